The standard InChI is InChI=1S/C21H22N2O3/c1-14-6-2-3-10-18(14)22-20(24)17-9-4-7-15-12-23(21(25)19(15)17)13-16-8-5-11-26-16/h2-4,6-7,9-10,16H,5,8,11-13H2,1H3,(H,22,24). The van der Waals surface area contributed by atoms with Crippen LogP contribution in [0.4, 0.5) is 5.69 Å². The van der Waals surface area contributed by atoms with Crippen LogP contribution >= 0.6 is 0 Å². The van der Waals surface area contributed by atoms with Crippen LogP contribution in [0, 0.1) is 6.92 Å². The van der Waals surface area contributed by atoms with Crippen molar-refractivity contribution < 1.29 is 14.3 Å². The number of nitrogens with zero attached hydrogens (tertiary/aromatic N) is 1. The highest BCUT2D eigenvalue weighted by atomic mass is 16.5. The van der Waals surface area contributed by atoms with Crippen molar-refractivity contribution in [3.05, 3.63) is 64.7 Å². The first-order valence-electron chi connectivity index (χ1n) is 9.03. The molecular weight excluding hydrogens is 328 g/mol. The second kappa shape index (κ2) is 6.92. The van der Waals surface area contributed by atoms with Crippen molar-refractivity contribution in [3.8, 4) is 0 Å². The minimum absolute atomic E-state index is 0.0777. The zero-order valence-electron chi connectivity index (χ0n) is 14.8. The van der Waals surface area contributed by atoms with Gasteiger partial charge in [0.05, 0.1) is 17.2 Å². The summed E-state index contributed by atoms with van der Waals surface area (Å²) in [6.45, 7) is 3.84. The number of ether oxygens (including phenoxy) is 1. The van der Waals surface area contributed by atoms with Gasteiger partial charge in [0.25, 0.3) is 11.8 Å². The van der Waals surface area contributed by atoms with Crippen LogP contribution in [0.15, 0.2) is 42.5 Å². The van der Waals surface area contributed by atoms with Crippen LogP contribution in [-0.4, -0.2) is 36.0 Å². The average molecular weight is 350 g/mol. The van der Waals surface area contributed by atoms with Crippen molar-refractivity contribution in [1.82, 2.24) is 4.90 Å². The number of hydrogen-bond acceptors (Lipinski definition) is 3. The van der Waals surface area contributed by atoms with E-state index >= 15 is 0 Å². The summed E-state index contributed by atoms with van der Waals surface area (Å²) in [6, 6.07) is 13.1. The second-order valence-electron chi connectivity index (χ2n) is 6.93. The molecule has 134 valence electrons. The van der Waals surface area contributed by atoms with Crippen molar-refractivity contribution in [2.24, 2.45) is 0 Å². The molecule has 0 radical (unpaired) electrons. The van der Waals surface area contributed by atoms with Gasteiger partial charge in [0.15, 0.2) is 0 Å². The molecule has 5 heteroatoms. The number of amides is 2. The molecule has 1 unspecified atom stereocenters. The molecule has 26 heavy (non-hydrogen) atoms. The maximum atomic E-state index is 12.9. The van der Waals surface area contributed by atoms with Gasteiger partial charge in [0, 0.05) is 25.4 Å². The van der Waals surface area contributed by atoms with E-state index in [-0.39, 0.29) is 17.9 Å². The van der Waals surface area contributed by atoms with E-state index in [1.54, 1.807) is 11.0 Å². The zero-order valence-corrected chi connectivity index (χ0v) is 14.8. The molecular formula is C21H22N2O3. The molecule has 4 rings (SSSR count). The molecule has 2 heterocycles. The normalized spacial score (nSPS) is 18.9. The Morgan fingerprint density at radius 1 is 1.23 bits per heavy atom. The predicted octanol–water partition coefficient (Wildman–Crippen LogP) is 3.38. The highest BCUT2D eigenvalue weighted by Crippen LogP contribution is 2.28. The Morgan fingerprint density at radius 3 is 2.85 bits per heavy atom. The third-order valence-electron chi connectivity index (χ3n) is 5.10. The lowest BCUT2D eigenvalue weighted by Gasteiger charge is -2.19. The third-order valence-corrected chi connectivity index (χ3v) is 5.10. The molecule has 1 saturated heterocycles. The number of anilines is 1. The highest BCUT2D eigenvalue weighted by molar-refractivity contribution is 6.13. The number of benzene rings is 2. The SMILES string of the molecule is Cc1ccccc1NC(=O)c1cccc2c1C(=O)N(CC1CCCO1)C2. The fourth-order valence-electron chi connectivity index (χ4n) is 3.69. The molecule has 2 aliphatic heterocycles. The van der Waals surface area contributed by atoms with Gasteiger partial charge < -0.3 is 15.0 Å². The van der Waals surface area contributed by atoms with Gasteiger partial charge in [-0.05, 0) is 43.0 Å². The molecule has 0 aliphatic carbocycles. The number of carbonyl (C=O) groups is 2. The minimum Gasteiger partial charge on any atom is -0.376 e. The summed E-state index contributed by atoms with van der Waals surface area (Å²) < 4.78 is 5.66. The lowest BCUT2D eigenvalue weighted by atomic mass is 10.0. The fourth-order valence-corrected chi connectivity index (χ4v) is 3.69. The quantitative estimate of drug-likeness (QED) is 0.920. The van der Waals surface area contributed by atoms with E-state index in [2.05, 4.69) is 5.32 Å². The number of carbonyl (C=O) groups excluding carboxylic acids is 2. The Hall–Kier alpha value is -2.66. The van der Waals surface area contributed by atoms with E-state index < -0.39 is 0 Å². The van der Waals surface area contributed by atoms with Crippen LogP contribution in [0.2, 0.25) is 0 Å². The highest BCUT2D eigenvalue weighted by Gasteiger charge is 2.33. The minimum atomic E-state index is -0.247. The van der Waals surface area contributed by atoms with Crippen LogP contribution in [-0.2, 0) is 11.3 Å². The summed E-state index contributed by atoms with van der Waals surface area (Å²) in [7, 11) is 0. The molecule has 1 fully saturated rings. The molecule has 2 aromatic carbocycles. The first kappa shape index (κ1) is 16.8. The molecule has 0 aromatic heterocycles. The van der Waals surface area contributed by atoms with Gasteiger partial charge in [0.2, 0.25) is 0 Å². The third kappa shape index (κ3) is 3.10. The number of hydrogen-bond donors (Lipinski definition) is 1. The summed E-state index contributed by atoms with van der Waals surface area (Å²) in [6.07, 6.45) is 2.14. The van der Waals surface area contributed by atoms with Crippen molar-refractivity contribution in [2.75, 3.05) is 18.5 Å². The second-order valence-corrected chi connectivity index (χ2v) is 6.93. The van der Waals surface area contributed by atoms with Gasteiger partial charge in [-0.1, -0.05) is 30.3 Å². The van der Waals surface area contributed by atoms with E-state index in [4.69, 9.17) is 4.74 Å². The van der Waals surface area contributed by atoms with Crippen molar-refractivity contribution in [1.29, 1.82) is 0 Å². The maximum absolute atomic E-state index is 12.9. The lowest BCUT2D eigenvalue weighted by molar-refractivity contribution is 0.0544. The molecule has 0 spiro atoms. The summed E-state index contributed by atoms with van der Waals surface area (Å²) in [5, 5.41) is 2.93. The largest absolute Gasteiger partial charge is 0.376 e. The number of nitrogens with one attached hydrogen (secondary N) is 1. The first-order chi connectivity index (χ1) is 12.6. The van der Waals surface area contributed by atoms with Crippen LogP contribution in [0.1, 0.15) is 44.7 Å². The number of rotatable bonds is 4. The zero-order chi connectivity index (χ0) is 18.1. The van der Waals surface area contributed by atoms with Crippen molar-refractivity contribution in [3.63, 3.8) is 0 Å². The molecule has 1 atom stereocenters. The van der Waals surface area contributed by atoms with Crippen LogP contribution in [0.5, 0.6) is 0 Å². The van der Waals surface area contributed by atoms with E-state index in [9.17, 15) is 9.59 Å². The van der Waals surface area contributed by atoms with E-state index in [1.165, 1.54) is 0 Å². The predicted molar refractivity (Wildman–Crippen MR) is 99.3 cm³/mol. The molecule has 2 aromatic rings. The first-order valence-corrected chi connectivity index (χ1v) is 9.03. The number of fused-ring (bicyclic) bond motifs is 1. The summed E-state index contributed by atoms with van der Waals surface area (Å²) in [4.78, 5) is 27.5. The fraction of sp³-hybridized carbons (Fsp3) is 0.333. The van der Waals surface area contributed by atoms with Gasteiger partial charge in [-0.15, -0.1) is 0 Å². The van der Waals surface area contributed by atoms with Gasteiger partial charge >= 0.3 is 0 Å². The van der Waals surface area contributed by atoms with E-state index in [0.717, 1.165) is 36.3 Å². The molecule has 0 saturated carbocycles. The topological polar surface area (TPSA) is 58.6 Å². The molecule has 2 amide bonds. The number of para-hydroxylation sites is 1. The Kier molecular flexibility index (Phi) is 4.47. The van der Waals surface area contributed by atoms with Gasteiger partial charge in [-0.3, -0.25) is 9.59 Å². The monoisotopic (exact) mass is 350 g/mol. The summed E-state index contributed by atoms with van der Waals surface area (Å²) in [5.74, 6) is -0.325. The number of aryl methyl sites for hydroxylation is 1. The lowest BCUT2D eigenvalue weighted by Crippen LogP contribution is -2.32. The van der Waals surface area contributed by atoms with Gasteiger partial charge in [-0.25, -0.2) is 0 Å². The Labute approximate surface area is 153 Å². The van der Waals surface area contributed by atoms with Gasteiger partial charge in [-0.2, -0.15) is 0 Å². The Morgan fingerprint density at radius 2 is 2.08 bits per heavy atom. The molecule has 0 bridgehead atoms. The Balaban J connectivity index is 1.57. The molecule has 1 N–H and O–H groups in total. The summed E-state index contributed by atoms with van der Waals surface area (Å²) >= 11 is 0. The van der Waals surface area contributed by atoms with Crippen molar-refractivity contribution in [2.45, 2.75) is 32.4 Å². The van der Waals surface area contributed by atoms with E-state index in [0.29, 0.717) is 24.2 Å². The van der Waals surface area contributed by atoms with E-state index in [1.807, 2.05) is 43.3 Å². The molecule has 5 nitrogen and oxygen atoms in total. The summed E-state index contributed by atoms with van der Waals surface area (Å²) in [5.41, 5.74) is 3.61. The van der Waals surface area contributed by atoms with Crippen LogP contribution in [0.25, 0.3) is 0 Å². The van der Waals surface area contributed by atoms with Crippen molar-refractivity contribution >= 4 is 17.5 Å². The molecule has 2 aliphatic rings. The Bertz CT molecular complexity index is 856. The maximum Gasteiger partial charge on any atom is 0.256 e. The van der Waals surface area contributed by atoms with Crippen LogP contribution < -0.4 is 5.32 Å². The van der Waals surface area contributed by atoms with Gasteiger partial charge in [0.1, 0.15) is 0 Å². The average Bonchev–Trinajstić information content (AvgIpc) is 3.26. The van der Waals surface area contributed by atoms with Crippen LogP contribution in [0.3, 0.4) is 0 Å². The smallest absolute Gasteiger partial charge is 0.256 e.